The van der Waals surface area contributed by atoms with Crippen molar-refractivity contribution >= 4 is 0 Å². The highest BCUT2D eigenvalue weighted by atomic mass is 16.5. The number of benzene rings is 1. The Morgan fingerprint density at radius 2 is 2.00 bits per heavy atom. The molecule has 1 atom stereocenters. The zero-order chi connectivity index (χ0) is 13.1. The van der Waals surface area contributed by atoms with Crippen molar-refractivity contribution in [1.29, 1.82) is 0 Å². The van der Waals surface area contributed by atoms with E-state index in [9.17, 15) is 5.11 Å². The number of allylic oxidation sites excluding steroid dienone is 1. The van der Waals surface area contributed by atoms with Crippen LogP contribution in [0.5, 0.6) is 0 Å². The van der Waals surface area contributed by atoms with Gasteiger partial charge in [0.2, 0.25) is 0 Å². The lowest BCUT2D eigenvalue weighted by atomic mass is 10.2. The normalized spacial score (nSPS) is 13.0. The molecular formula is C16H24O2. The standard InChI is InChI=1S/C16H24O2/c1-2-3-4-5-9-12-16(17)14-18-13-15-10-7-6-8-11-15/h6-12,16-17H,2-5,13-14H2,1H3/b12-9-. The van der Waals surface area contributed by atoms with Gasteiger partial charge in [0.15, 0.2) is 0 Å². The second kappa shape index (κ2) is 9.86. The van der Waals surface area contributed by atoms with Crippen molar-refractivity contribution in [3.63, 3.8) is 0 Å². The van der Waals surface area contributed by atoms with Gasteiger partial charge in [0.25, 0.3) is 0 Å². The van der Waals surface area contributed by atoms with Crippen LogP contribution in [0.4, 0.5) is 0 Å². The molecule has 0 aliphatic carbocycles. The van der Waals surface area contributed by atoms with Crippen LogP contribution in [0.15, 0.2) is 42.5 Å². The molecule has 0 saturated heterocycles. The summed E-state index contributed by atoms with van der Waals surface area (Å²) < 4.78 is 5.46. The third kappa shape index (κ3) is 7.25. The molecule has 0 radical (unpaired) electrons. The molecule has 1 aromatic rings. The Balaban J connectivity index is 2.08. The lowest BCUT2D eigenvalue weighted by molar-refractivity contribution is 0.0502. The molecule has 1 aromatic carbocycles. The average molecular weight is 248 g/mol. The van der Waals surface area contributed by atoms with Gasteiger partial charge in [0, 0.05) is 0 Å². The van der Waals surface area contributed by atoms with E-state index in [1.54, 1.807) is 0 Å². The molecule has 0 spiro atoms. The molecule has 1 unspecified atom stereocenters. The van der Waals surface area contributed by atoms with Gasteiger partial charge < -0.3 is 9.84 Å². The zero-order valence-electron chi connectivity index (χ0n) is 11.2. The van der Waals surface area contributed by atoms with Gasteiger partial charge in [-0.15, -0.1) is 0 Å². The molecule has 0 aliphatic rings. The fourth-order valence-corrected chi connectivity index (χ4v) is 1.69. The van der Waals surface area contributed by atoms with E-state index in [1.165, 1.54) is 19.3 Å². The van der Waals surface area contributed by atoms with E-state index >= 15 is 0 Å². The molecule has 1 rings (SSSR count). The fourth-order valence-electron chi connectivity index (χ4n) is 1.69. The topological polar surface area (TPSA) is 29.5 Å². The lowest BCUT2D eigenvalue weighted by Crippen LogP contribution is -2.12. The van der Waals surface area contributed by atoms with E-state index in [-0.39, 0.29) is 0 Å². The third-order valence-corrected chi connectivity index (χ3v) is 2.73. The Hall–Kier alpha value is -1.12. The number of rotatable bonds is 9. The van der Waals surface area contributed by atoms with Gasteiger partial charge in [-0.3, -0.25) is 0 Å². The summed E-state index contributed by atoms with van der Waals surface area (Å²) in [7, 11) is 0. The summed E-state index contributed by atoms with van der Waals surface area (Å²) in [5.74, 6) is 0. The smallest absolute Gasteiger partial charge is 0.0954 e. The van der Waals surface area contributed by atoms with E-state index in [0.717, 1.165) is 12.0 Å². The predicted molar refractivity (Wildman–Crippen MR) is 75.4 cm³/mol. The summed E-state index contributed by atoms with van der Waals surface area (Å²) in [6.45, 7) is 3.11. The first kappa shape index (κ1) is 14.9. The first-order valence-electron chi connectivity index (χ1n) is 6.79. The van der Waals surface area contributed by atoms with Crippen LogP contribution in [0.2, 0.25) is 0 Å². The van der Waals surface area contributed by atoms with Crippen molar-refractivity contribution in [2.24, 2.45) is 0 Å². The molecule has 0 heterocycles. The molecule has 0 saturated carbocycles. The summed E-state index contributed by atoms with van der Waals surface area (Å²) >= 11 is 0. The Morgan fingerprint density at radius 3 is 2.72 bits per heavy atom. The van der Waals surface area contributed by atoms with Crippen LogP contribution in [0.1, 0.15) is 38.2 Å². The van der Waals surface area contributed by atoms with Crippen LogP contribution in [-0.2, 0) is 11.3 Å². The van der Waals surface area contributed by atoms with Gasteiger partial charge in [0.05, 0.1) is 19.3 Å². The van der Waals surface area contributed by atoms with E-state index in [2.05, 4.69) is 6.92 Å². The number of aliphatic hydroxyl groups excluding tert-OH is 1. The minimum absolute atomic E-state index is 0.360. The molecule has 0 fully saturated rings. The fraction of sp³-hybridized carbons (Fsp3) is 0.500. The highest BCUT2D eigenvalue weighted by Crippen LogP contribution is 2.03. The maximum Gasteiger partial charge on any atom is 0.0954 e. The Labute approximate surface area is 110 Å². The quantitative estimate of drug-likeness (QED) is 0.533. The van der Waals surface area contributed by atoms with Gasteiger partial charge in [-0.1, -0.05) is 62.2 Å². The monoisotopic (exact) mass is 248 g/mol. The van der Waals surface area contributed by atoms with Crippen LogP contribution >= 0.6 is 0 Å². The number of hydrogen-bond donors (Lipinski definition) is 1. The van der Waals surface area contributed by atoms with Crippen LogP contribution in [0.25, 0.3) is 0 Å². The van der Waals surface area contributed by atoms with Crippen molar-refractivity contribution < 1.29 is 9.84 Å². The van der Waals surface area contributed by atoms with Crippen molar-refractivity contribution in [2.75, 3.05) is 6.61 Å². The molecular weight excluding hydrogens is 224 g/mol. The van der Waals surface area contributed by atoms with Crippen molar-refractivity contribution in [1.82, 2.24) is 0 Å². The van der Waals surface area contributed by atoms with Crippen LogP contribution in [0, 0.1) is 0 Å². The highest BCUT2D eigenvalue weighted by molar-refractivity contribution is 5.13. The van der Waals surface area contributed by atoms with E-state index in [4.69, 9.17) is 4.74 Å². The molecule has 100 valence electrons. The molecule has 2 heteroatoms. The van der Waals surface area contributed by atoms with Crippen molar-refractivity contribution in [3.05, 3.63) is 48.0 Å². The van der Waals surface area contributed by atoms with Crippen molar-refractivity contribution in [2.45, 2.75) is 45.3 Å². The minimum atomic E-state index is -0.490. The van der Waals surface area contributed by atoms with Crippen LogP contribution < -0.4 is 0 Å². The van der Waals surface area contributed by atoms with Crippen LogP contribution in [-0.4, -0.2) is 17.8 Å². The average Bonchev–Trinajstić information content (AvgIpc) is 2.40. The predicted octanol–water partition coefficient (Wildman–Crippen LogP) is 3.70. The third-order valence-electron chi connectivity index (χ3n) is 2.73. The summed E-state index contributed by atoms with van der Waals surface area (Å²) in [5, 5.41) is 9.67. The number of ether oxygens (including phenoxy) is 1. The molecule has 0 aromatic heterocycles. The second-order valence-corrected chi connectivity index (χ2v) is 4.49. The maximum absolute atomic E-state index is 9.67. The first-order valence-corrected chi connectivity index (χ1v) is 6.79. The van der Waals surface area contributed by atoms with Gasteiger partial charge in [-0.25, -0.2) is 0 Å². The van der Waals surface area contributed by atoms with Crippen molar-refractivity contribution in [3.8, 4) is 0 Å². The molecule has 0 amide bonds. The molecule has 18 heavy (non-hydrogen) atoms. The SMILES string of the molecule is CCCCC/C=C\C(O)COCc1ccccc1. The van der Waals surface area contributed by atoms with Gasteiger partial charge in [0.1, 0.15) is 0 Å². The lowest BCUT2D eigenvalue weighted by Gasteiger charge is -2.07. The summed E-state index contributed by atoms with van der Waals surface area (Å²) in [5.41, 5.74) is 1.14. The number of aliphatic hydroxyl groups is 1. The Kier molecular flexibility index (Phi) is 8.19. The van der Waals surface area contributed by atoms with E-state index in [0.29, 0.717) is 13.2 Å². The minimum Gasteiger partial charge on any atom is -0.387 e. The Bertz CT molecular complexity index is 319. The molecule has 0 aliphatic heterocycles. The van der Waals surface area contributed by atoms with Crippen LogP contribution in [0.3, 0.4) is 0 Å². The number of unbranched alkanes of at least 4 members (excludes halogenated alkanes) is 3. The maximum atomic E-state index is 9.67. The molecule has 2 nitrogen and oxygen atoms in total. The summed E-state index contributed by atoms with van der Waals surface area (Å²) in [6, 6.07) is 10.0. The first-order chi connectivity index (χ1) is 8.83. The highest BCUT2D eigenvalue weighted by Gasteiger charge is 1.99. The molecule has 1 N–H and O–H groups in total. The second-order valence-electron chi connectivity index (χ2n) is 4.49. The summed E-state index contributed by atoms with van der Waals surface area (Å²) in [6.07, 6.45) is 8.12. The summed E-state index contributed by atoms with van der Waals surface area (Å²) in [4.78, 5) is 0. The van der Waals surface area contributed by atoms with Gasteiger partial charge >= 0.3 is 0 Å². The number of hydrogen-bond acceptors (Lipinski definition) is 2. The van der Waals surface area contributed by atoms with E-state index < -0.39 is 6.10 Å². The zero-order valence-corrected chi connectivity index (χ0v) is 11.2. The van der Waals surface area contributed by atoms with E-state index in [1.807, 2.05) is 42.5 Å². The molecule has 0 bridgehead atoms. The Morgan fingerprint density at radius 1 is 1.22 bits per heavy atom. The largest absolute Gasteiger partial charge is 0.387 e. The van der Waals surface area contributed by atoms with Gasteiger partial charge in [-0.05, 0) is 18.4 Å². The van der Waals surface area contributed by atoms with Gasteiger partial charge in [-0.2, -0.15) is 0 Å².